The van der Waals surface area contributed by atoms with Gasteiger partial charge in [-0.2, -0.15) is 0 Å². The topological polar surface area (TPSA) is 58.7 Å². The van der Waals surface area contributed by atoms with Crippen LogP contribution in [0.25, 0.3) is 0 Å². The number of nitrogens with zero attached hydrogens (tertiary/aromatic N) is 1. The summed E-state index contributed by atoms with van der Waals surface area (Å²) in [6.07, 6.45) is 0.108. The summed E-state index contributed by atoms with van der Waals surface area (Å²) in [5.74, 6) is 0. The minimum atomic E-state index is -0.0652. The molecule has 3 N–H and O–H groups in total. The van der Waals surface area contributed by atoms with Gasteiger partial charge in [-0.25, -0.2) is 0 Å². The zero-order valence-corrected chi connectivity index (χ0v) is 9.36. The maximum atomic E-state index is 9.08. The molecule has 0 amide bonds. The van der Waals surface area contributed by atoms with Crippen molar-refractivity contribution >= 4 is 0 Å². The fourth-order valence-electron chi connectivity index (χ4n) is 1.77. The largest absolute Gasteiger partial charge is 0.394 e. The van der Waals surface area contributed by atoms with E-state index in [1.807, 2.05) is 6.92 Å². The highest BCUT2D eigenvalue weighted by molar-refractivity contribution is 4.88. The van der Waals surface area contributed by atoms with Crippen molar-refractivity contribution in [1.82, 2.24) is 4.90 Å². The first-order chi connectivity index (χ1) is 6.49. The molecule has 0 aromatic carbocycles. The van der Waals surface area contributed by atoms with Crippen LogP contribution in [0.15, 0.2) is 0 Å². The Morgan fingerprint density at radius 1 is 1.50 bits per heavy atom. The van der Waals surface area contributed by atoms with E-state index in [0.717, 1.165) is 13.1 Å². The summed E-state index contributed by atoms with van der Waals surface area (Å²) < 4.78 is 5.57. The molecule has 1 saturated heterocycles. The molecule has 0 bridgehead atoms. The Kier molecular flexibility index (Phi) is 3.89. The smallest absolute Gasteiger partial charge is 0.0936 e. The quantitative estimate of drug-likeness (QED) is 0.666. The molecule has 1 aliphatic heterocycles. The van der Waals surface area contributed by atoms with Gasteiger partial charge in [0.15, 0.2) is 0 Å². The number of aliphatic hydroxyl groups is 1. The Hall–Kier alpha value is -0.160. The second-order valence-electron chi connectivity index (χ2n) is 4.67. The Balaban J connectivity index is 2.61. The molecule has 2 unspecified atom stereocenters. The number of aliphatic hydroxyl groups excluding tert-OH is 1. The Morgan fingerprint density at radius 2 is 2.14 bits per heavy atom. The monoisotopic (exact) mass is 202 g/mol. The van der Waals surface area contributed by atoms with Crippen LogP contribution >= 0.6 is 0 Å². The van der Waals surface area contributed by atoms with Gasteiger partial charge in [0.05, 0.1) is 18.8 Å². The fourth-order valence-corrected chi connectivity index (χ4v) is 1.77. The van der Waals surface area contributed by atoms with Crippen LogP contribution in [-0.2, 0) is 4.74 Å². The molecule has 0 spiro atoms. The number of nitrogens with two attached hydrogens (primary N) is 1. The number of rotatable bonds is 3. The molecule has 84 valence electrons. The van der Waals surface area contributed by atoms with E-state index in [1.54, 1.807) is 0 Å². The molecule has 1 rings (SSSR count). The standard InChI is InChI=1S/C10H22N2O2/c1-8-4-12(10(2,3)7-11)5-9(6-13)14-8/h8-9,13H,4-7,11H2,1-3H3. The second kappa shape index (κ2) is 4.57. The van der Waals surface area contributed by atoms with Gasteiger partial charge in [0, 0.05) is 25.2 Å². The number of morpholine rings is 1. The highest BCUT2D eigenvalue weighted by atomic mass is 16.5. The van der Waals surface area contributed by atoms with Gasteiger partial charge in [-0.05, 0) is 20.8 Å². The van der Waals surface area contributed by atoms with E-state index in [9.17, 15) is 0 Å². The molecule has 0 radical (unpaired) electrons. The first kappa shape index (κ1) is 11.9. The van der Waals surface area contributed by atoms with Crippen molar-refractivity contribution in [3.05, 3.63) is 0 Å². The van der Waals surface area contributed by atoms with Crippen LogP contribution in [0.1, 0.15) is 20.8 Å². The minimum Gasteiger partial charge on any atom is -0.394 e. The molecule has 0 aromatic heterocycles. The van der Waals surface area contributed by atoms with Crippen molar-refractivity contribution in [1.29, 1.82) is 0 Å². The van der Waals surface area contributed by atoms with Gasteiger partial charge in [0.25, 0.3) is 0 Å². The van der Waals surface area contributed by atoms with E-state index in [2.05, 4.69) is 18.7 Å². The lowest BCUT2D eigenvalue weighted by atomic mass is 10.0. The first-order valence-corrected chi connectivity index (χ1v) is 5.21. The molecule has 14 heavy (non-hydrogen) atoms. The summed E-state index contributed by atoms with van der Waals surface area (Å²) in [5.41, 5.74) is 5.72. The first-order valence-electron chi connectivity index (χ1n) is 5.21. The van der Waals surface area contributed by atoms with Crippen LogP contribution in [-0.4, -0.2) is 54.0 Å². The van der Waals surface area contributed by atoms with Crippen molar-refractivity contribution in [3.63, 3.8) is 0 Å². The van der Waals surface area contributed by atoms with Crippen molar-refractivity contribution in [2.75, 3.05) is 26.2 Å². The summed E-state index contributed by atoms with van der Waals surface area (Å²) >= 11 is 0. The van der Waals surface area contributed by atoms with E-state index >= 15 is 0 Å². The zero-order chi connectivity index (χ0) is 10.8. The summed E-state index contributed by atoms with van der Waals surface area (Å²) in [6.45, 7) is 8.64. The lowest BCUT2D eigenvalue weighted by Crippen LogP contribution is -2.58. The average molecular weight is 202 g/mol. The molecule has 2 atom stereocenters. The van der Waals surface area contributed by atoms with Gasteiger partial charge in [0.2, 0.25) is 0 Å². The number of ether oxygens (including phenoxy) is 1. The van der Waals surface area contributed by atoms with E-state index in [4.69, 9.17) is 15.6 Å². The third kappa shape index (κ3) is 2.67. The van der Waals surface area contributed by atoms with Crippen molar-refractivity contribution < 1.29 is 9.84 Å². The normalized spacial score (nSPS) is 30.6. The Morgan fingerprint density at radius 3 is 2.64 bits per heavy atom. The van der Waals surface area contributed by atoms with E-state index in [0.29, 0.717) is 6.54 Å². The van der Waals surface area contributed by atoms with Gasteiger partial charge < -0.3 is 15.6 Å². The summed E-state index contributed by atoms with van der Waals surface area (Å²) in [7, 11) is 0. The zero-order valence-electron chi connectivity index (χ0n) is 9.36. The highest BCUT2D eigenvalue weighted by Crippen LogP contribution is 2.19. The van der Waals surface area contributed by atoms with Crippen LogP contribution in [0.2, 0.25) is 0 Å². The van der Waals surface area contributed by atoms with Crippen molar-refractivity contribution in [3.8, 4) is 0 Å². The summed E-state index contributed by atoms with van der Waals surface area (Å²) in [6, 6.07) is 0. The van der Waals surface area contributed by atoms with Crippen LogP contribution in [0.5, 0.6) is 0 Å². The predicted molar refractivity (Wildman–Crippen MR) is 56.1 cm³/mol. The van der Waals surface area contributed by atoms with Crippen LogP contribution in [0.3, 0.4) is 0 Å². The van der Waals surface area contributed by atoms with Gasteiger partial charge in [-0.1, -0.05) is 0 Å². The minimum absolute atomic E-state index is 0.00847. The lowest BCUT2D eigenvalue weighted by molar-refractivity contribution is -0.116. The molecule has 4 nitrogen and oxygen atoms in total. The predicted octanol–water partition coefficient (Wildman–Crippen LogP) is -0.195. The lowest BCUT2D eigenvalue weighted by Gasteiger charge is -2.44. The van der Waals surface area contributed by atoms with E-state index < -0.39 is 0 Å². The number of hydrogen-bond acceptors (Lipinski definition) is 4. The van der Waals surface area contributed by atoms with Crippen LogP contribution in [0.4, 0.5) is 0 Å². The molecule has 4 heteroatoms. The molecular weight excluding hydrogens is 180 g/mol. The van der Waals surface area contributed by atoms with Gasteiger partial charge in [-0.3, -0.25) is 4.90 Å². The number of hydrogen-bond donors (Lipinski definition) is 2. The third-order valence-corrected chi connectivity index (χ3v) is 2.89. The van der Waals surface area contributed by atoms with E-state index in [-0.39, 0.29) is 24.4 Å². The Labute approximate surface area is 86.0 Å². The highest BCUT2D eigenvalue weighted by Gasteiger charge is 2.33. The maximum Gasteiger partial charge on any atom is 0.0936 e. The second-order valence-corrected chi connectivity index (χ2v) is 4.67. The third-order valence-electron chi connectivity index (χ3n) is 2.89. The van der Waals surface area contributed by atoms with Crippen LogP contribution < -0.4 is 5.73 Å². The Bertz CT molecular complexity index is 185. The molecule has 1 fully saturated rings. The summed E-state index contributed by atoms with van der Waals surface area (Å²) in [4.78, 5) is 2.29. The molecule has 1 aliphatic rings. The average Bonchev–Trinajstić information content (AvgIpc) is 2.16. The molecule has 0 aliphatic carbocycles. The van der Waals surface area contributed by atoms with Crippen LogP contribution in [0, 0.1) is 0 Å². The van der Waals surface area contributed by atoms with Gasteiger partial charge in [0.1, 0.15) is 0 Å². The molecular formula is C10H22N2O2. The van der Waals surface area contributed by atoms with Crippen molar-refractivity contribution in [2.24, 2.45) is 5.73 Å². The van der Waals surface area contributed by atoms with Gasteiger partial charge in [-0.15, -0.1) is 0 Å². The van der Waals surface area contributed by atoms with Gasteiger partial charge >= 0.3 is 0 Å². The van der Waals surface area contributed by atoms with E-state index in [1.165, 1.54) is 0 Å². The molecule has 0 saturated carbocycles. The molecule has 0 aromatic rings. The maximum absolute atomic E-state index is 9.08. The van der Waals surface area contributed by atoms with Crippen molar-refractivity contribution in [2.45, 2.75) is 38.5 Å². The molecule has 1 heterocycles. The fraction of sp³-hybridized carbons (Fsp3) is 1.00. The SMILES string of the molecule is CC1CN(C(C)(C)CN)CC(CO)O1. The summed E-state index contributed by atoms with van der Waals surface area (Å²) in [5, 5.41) is 9.08.